The van der Waals surface area contributed by atoms with E-state index in [1.165, 1.54) is 11.3 Å². The molecule has 2 aliphatic carbocycles. The molecule has 4 atom stereocenters. The standard InChI is InChI=1S/C23H25NO5S/c1-12(2)29-23(28)19-16(13-6-4-3-5-7-13)11-30-21(19)24-20(25)17-14-8-9-15(10-14)18(17)22(26)27/h3-7,11-12,14-15,17-18H,8-10H2,1-2H3,(H,24,25)(H,26,27)/t14-,15-,17+,18-/m0/s1. The molecule has 0 saturated heterocycles. The molecule has 0 spiro atoms. The number of esters is 1. The van der Waals surface area contributed by atoms with Gasteiger partial charge in [0.15, 0.2) is 0 Å². The third-order valence-corrected chi connectivity index (χ3v) is 7.06. The molecule has 4 rings (SSSR count). The van der Waals surface area contributed by atoms with Crippen LogP contribution < -0.4 is 5.32 Å². The Morgan fingerprint density at radius 1 is 1.10 bits per heavy atom. The van der Waals surface area contributed by atoms with Crippen molar-refractivity contribution in [3.05, 3.63) is 41.3 Å². The SMILES string of the molecule is CC(C)OC(=O)c1c(-c2ccccc2)csc1NC(=O)[C@@H]1[C@H]2CC[C@@H](C2)[C@@H]1C(=O)O. The van der Waals surface area contributed by atoms with Crippen LogP contribution in [0.4, 0.5) is 5.00 Å². The van der Waals surface area contributed by atoms with Gasteiger partial charge in [-0.1, -0.05) is 30.3 Å². The minimum atomic E-state index is -0.905. The van der Waals surface area contributed by atoms with Gasteiger partial charge in [-0.25, -0.2) is 4.79 Å². The predicted molar refractivity (Wildman–Crippen MR) is 114 cm³/mol. The minimum Gasteiger partial charge on any atom is -0.481 e. The Kier molecular flexibility index (Phi) is 5.64. The van der Waals surface area contributed by atoms with Gasteiger partial charge < -0.3 is 15.2 Å². The van der Waals surface area contributed by atoms with E-state index in [0.717, 1.165) is 24.8 Å². The van der Waals surface area contributed by atoms with Gasteiger partial charge in [0, 0.05) is 10.9 Å². The van der Waals surface area contributed by atoms with Gasteiger partial charge in [-0.15, -0.1) is 11.3 Å². The summed E-state index contributed by atoms with van der Waals surface area (Å²) in [7, 11) is 0. The number of amides is 1. The normalized spacial score (nSPS) is 24.8. The second-order valence-corrected chi connectivity index (χ2v) is 9.27. The summed E-state index contributed by atoms with van der Waals surface area (Å²) in [6.45, 7) is 3.55. The molecule has 1 amide bonds. The van der Waals surface area contributed by atoms with Gasteiger partial charge in [0.25, 0.3) is 0 Å². The lowest BCUT2D eigenvalue weighted by Crippen LogP contribution is -2.38. The number of carbonyl (C=O) groups is 3. The average Bonchev–Trinajstić information content (AvgIpc) is 3.42. The highest BCUT2D eigenvalue weighted by molar-refractivity contribution is 7.15. The fourth-order valence-electron chi connectivity index (χ4n) is 4.97. The van der Waals surface area contributed by atoms with Crippen molar-refractivity contribution in [2.45, 2.75) is 39.2 Å². The highest BCUT2D eigenvalue weighted by atomic mass is 32.1. The van der Waals surface area contributed by atoms with Crippen molar-refractivity contribution in [1.29, 1.82) is 0 Å². The van der Waals surface area contributed by atoms with Crippen molar-refractivity contribution in [2.75, 3.05) is 5.32 Å². The molecule has 2 saturated carbocycles. The van der Waals surface area contributed by atoms with Crippen molar-refractivity contribution in [2.24, 2.45) is 23.7 Å². The zero-order chi connectivity index (χ0) is 21.4. The summed E-state index contributed by atoms with van der Waals surface area (Å²) in [5.74, 6) is -2.76. The highest BCUT2D eigenvalue weighted by Crippen LogP contribution is 2.53. The van der Waals surface area contributed by atoms with Crippen LogP contribution in [0.1, 0.15) is 43.5 Å². The van der Waals surface area contributed by atoms with E-state index in [1.807, 2.05) is 35.7 Å². The van der Waals surface area contributed by atoms with Crippen molar-refractivity contribution >= 4 is 34.2 Å². The van der Waals surface area contributed by atoms with Crippen molar-refractivity contribution in [1.82, 2.24) is 0 Å². The number of anilines is 1. The number of rotatable bonds is 6. The summed E-state index contributed by atoms with van der Waals surface area (Å²) in [6.07, 6.45) is 2.24. The van der Waals surface area contributed by atoms with Crippen LogP contribution in [0.3, 0.4) is 0 Å². The first-order valence-electron chi connectivity index (χ1n) is 10.3. The summed E-state index contributed by atoms with van der Waals surface area (Å²) in [5.41, 5.74) is 1.88. The van der Waals surface area contributed by atoms with E-state index in [9.17, 15) is 19.5 Å². The van der Waals surface area contributed by atoms with Crippen molar-refractivity contribution in [3.63, 3.8) is 0 Å². The summed E-state index contributed by atoms with van der Waals surface area (Å²) >= 11 is 1.26. The molecule has 2 aliphatic rings. The lowest BCUT2D eigenvalue weighted by Gasteiger charge is -2.27. The quantitative estimate of drug-likeness (QED) is 0.654. The number of fused-ring (bicyclic) bond motifs is 2. The zero-order valence-corrected chi connectivity index (χ0v) is 17.8. The van der Waals surface area contributed by atoms with E-state index in [4.69, 9.17) is 4.74 Å². The zero-order valence-electron chi connectivity index (χ0n) is 17.0. The molecule has 30 heavy (non-hydrogen) atoms. The third-order valence-electron chi connectivity index (χ3n) is 6.16. The lowest BCUT2D eigenvalue weighted by molar-refractivity contribution is -0.148. The number of carboxylic acids is 1. The van der Waals surface area contributed by atoms with Gasteiger partial charge in [0.05, 0.1) is 17.9 Å². The molecule has 0 aliphatic heterocycles. The number of ether oxygens (including phenoxy) is 1. The molecule has 2 aromatic rings. The molecule has 2 bridgehead atoms. The molecule has 2 fully saturated rings. The van der Waals surface area contributed by atoms with E-state index >= 15 is 0 Å². The van der Waals surface area contributed by atoms with E-state index in [2.05, 4.69) is 5.32 Å². The Morgan fingerprint density at radius 3 is 2.40 bits per heavy atom. The average molecular weight is 428 g/mol. The Balaban J connectivity index is 1.65. The van der Waals surface area contributed by atoms with Crippen LogP contribution >= 0.6 is 11.3 Å². The molecule has 2 N–H and O–H groups in total. The molecule has 1 aromatic carbocycles. The first-order chi connectivity index (χ1) is 14.4. The van der Waals surface area contributed by atoms with Crippen LogP contribution in [0.5, 0.6) is 0 Å². The second-order valence-electron chi connectivity index (χ2n) is 8.39. The Morgan fingerprint density at radius 2 is 1.77 bits per heavy atom. The summed E-state index contributed by atoms with van der Waals surface area (Å²) in [5, 5.41) is 14.8. The number of benzene rings is 1. The number of aliphatic carboxylic acids is 1. The summed E-state index contributed by atoms with van der Waals surface area (Å²) in [4.78, 5) is 37.8. The largest absolute Gasteiger partial charge is 0.481 e. The van der Waals surface area contributed by atoms with Gasteiger partial charge >= 0.3 is 11.9 Å². The maximum atomic E-state index is 13.1. The van der Waals surface area contributed by atoms with Crippen molar-refractivity contribution in [3.8, 4) is 11.1 Å². The van der Waals surface area contributed by atoms with Gasteiger partial charge in [-0.2, -0.15) is 0 Å². The van der Waals surface area contributed by atoms with Crippen LogP contribution in [0.2, 0.25) is 0 Å². The Hall–Kier alpha value is -2.67. The van der Waals surface area contributed by atoms with E-state index in [-0.39, 0.29) is 23.8 Å². The van der Waals surface area contributed by atoms with E-state index in [1.54, 1.807) is 13.8 Å². The van der Waals surface area contributed by atoms with Crippen LogP contribution in [0.25, 0.3) is 11.1 Å². The molecule has 0 radical (unpaired) electrons. The number of carbonyl (C=O) groups excluding carboxylic acids is 2. The fourth-order valence-corrected chi connectivity index (χ4v) is 5.94. The van der Waals surface area contributed by atoms with Crippen LogP contribution in [-0.2, 0) is 14.3 Å². The van der Waals surface area contributed by atoms with Gasteiger partial charge in [-0.3, -0.25) is 9.59 Å². The summed E-state index contributed by atoms with van der Waals surface area (Å²) < 4.78 is 5.44. The minimum absolute atomic E-state index is 0.0665. The molecular weight excluding hydrogens is 402 g/mol. The lowest BCUT2D eigenvalue weighted by atomic mass is 9.79. The maximum absolute atomic E-state index is 13.1. The fraction of sp³-hybridized carbons (Fsp3) is 0.435. The van der Waals surface area contributed by atoms with E-state index in [0.29, 0.717) is 16.1 Å². The Bertz CT molecular complexity index is 967. The smallest absolute Gasteiger partial charge is 0.342 e. The first-order valence-corrected chi connectivity index (χ1v) is 11.2. The first kappa shape index (κ1) is 20.6. The topological polar surface area (TPSA) is 92.7 Å². The van der Waals surface area contributed by atoms with Gasteiger partial charge in [0.2, 0.25) is 5.91 Å². The molecule has 158 valence electrons. The van der Waals surface area contributed by atoms with Crippen molar-refractivity contribution < 1.29 is 24.2 Å². The van der Waals surface area contributed by atoms with Gasteiger partial charge in [-0.05, 0) is 50.5 Å². The third kappa shape index (κ3) is 3.74. The number of thiophene rings is 1. The summed E-state index contributed by atoms with van der Waals surface area (Å²) in [6, 6.07) is 9.46. The maximum Gasteiger partial charge on any atom is 0.342 e. The second kappa shape index (κ2) is 8.22. The van der Waals surface area contributed by atoms with Crippen LogP contribution in [0, 0.1) is 23.7 Å². The molecule has 0 unspecified atom stereocenters. The number of nitrogens with one attached hydrogen (secondary N) is 1. The van der Waals surface area contributed by atoms with Crippen LogP contribution in [-0.4, -0.2) is 29.1 Å². The van der Waals surface area contributed by atoms with E-state index < -0.39 is 23.8 Å². The molecule has 1 aromatic heterocycles. The molecule has 1 heterocycles. The predicted octanol–water partition coefficient (Wildman–Crippen LogP) is 4.67. The number of hydrogen-bond donors (Lipinski definition) is 2. The number of carboxylic acid groups (broad SMARTS) is 1. The highest BCUT2D eigenvalue weighted by Gasteiger charge is 2.54. The molecule has 7 heteroatoms. The number of hydrogen-bond acceptors (Lipinski definition) is 5. The Labute approximate surface area is 179 Å². The molecule has 6 nitrogen and oxygen atoms in total. The van der Waals surface area contributed by atoms with Gasteiger partial charge in [0.1, 0.15) is 10.6 Å². The monoisotopic (exact) mass is 427 g/mol. The van der Waals surface area contributed by atoms with Crippen LogP contribution in [0.15, 0.2) is 35.7 Å². The molecular formula is C23H25NO5S.